The predicted molar refractivity (Wildman–Crippen MR) is 97.5 cm³/mol. The van der Waals surface area contributed by atoms with Gasteiger partial charge in [0.1, 0.15) is 6.17 Å². The van der Waals surface area contributed by atoms with Crippen molar-refractivity contribution in [3.05, 3.63) is 60.2 Å². The Morgan fingerprint density at radius 1 is 0.957 bits per heavy atom. The van der Waals surface area contributed by atoms with E-state index >= 15 is 0 Å². The maximum atomic E-state index is 12.1. The van der Waals surface area contributed by atoms with E-state index in [1.54, 1.807) is 12.1 Å². The lowest BCUT2D eigenvalue weighted by molar-refractivity contribution is 0.249. The van der Waals surface area contributed by atoms with Crippen LogP contribution in [0, 0.1) is 6.92 Å². The largest absolute Gasteiger partial charge is 0.362 e. The molecular weight excluding hydrogens is 357 g/mol. The molecule has 0 radical (unpaired) electrons. The summed E-state index contributed by atoms with van der Waals surface area (Å²) in [5.74, 6) is 0. The number of aryl methyl sites for hydroxylation is 1. The molecule has 2 rings (SSSR count). The molecule has 0 aromatic heterocycles. The standard InChI is InChI=1S/C16H16Cl3N3O/c1-11-7-9-13(10-8-11)20-14(16(17,18)19)22-15(23)21-12-5-3-2-4-6-12/h2-10,14,20H,1H3,(H2,21,22,23). The van der Waals surface area contributed by atoms with Crippen molar-refractivity contribution < 1.29 is 4.79 Å². The number of benzene rings is 2. The maximum Gasteiger partial charge on any atom is 0.320 e. The summed E-state index contributed by atoms with van der Waals surface area (Å²) in [7, 11) is 0. The molecule has 0 saturated heterocycles. The van der Waals surface area contributed by atoms with Gasteiger partial charge in [-0.1, -0.05) is 70.7 Å². The Balaban J connectivity index is 2.04. The van der Waals surface area contributed by atoms with Crippen molar-refractivity contribution in [1.29, 1.82) is 0 Å². The number of carbonyl (C=O) groups is 1. The number of alkyl halides is 3. The highest BCUT2D eigenvalue weighted by Gasteiger charge is 2.34. The zero-order chi connectivity index (χ0) is 16.9. The summed E-state index contributed by atoms with van der Waals surface area (Å²) in [6.07, 6.45) is -0.904. The number of hydrogen-bond donors (Lipinski definition) is 3. The van der Waals surface area contributed by atoms with Gasteiger partial charge in [-0.2, -0.15) is 0 Å². The molecule has 3 N–H and O–H groups in total. The second-order valence-electron chi connectivity index (χ2n) is 4.95. The van der Waals surface area contributed by atoms with Gasteiger partial charge in [0, 0.05) is 11.4 Å². The van der Waals surface area contributed by atoms with E-state index in [0.717, 1.165) is 11.3 Å². The molecule has 1 unspecified atom stereocenters. The van der Waals surface area contributed by atoms with Crippen LogP contribution in [0.2, 0.25) is 0 Å². The average Bonchev–Trinajstić information content (AvgIpc) is 2.49. The molecule has 0 aliphatic heterocycles. The first-order valence-corrected chi connectivity index (χ1v) is 8.00. The first-order valence-electron chi connectivity index (χ1n) is 6.87. The fraction of sp³-hybridized carbons (Fsp3) is 0.188. The number of hydrogen-bond acceptors (Lipinski definition) is 2. The van der Waals surface area contributed by atoms with Gasteiger partial charge in [0.05, 0.1) is 0 Å². The third-order valence-electron chi connectivity index (χ3n) is 3.00. The normalized spacial score (nSPS) is 12.3. The van der Waals surface area contributed by atoms with Crippen LogP contribution < -0.4 is 16.0 Å². The monoisotopic (exact) mass is 371 g/mol. The quantitative estimate of drug-likeness (QED) is 0.527. The fourth-order valence-electron chi connectivity index (χ4n) is 1.84. The van der Waals surface area contributed by atoms with Crippen molar-refractivity contribution in [3.63, 3.8) is 0 Å². The molecule has 122 valence electrons. The molecular formula is C16H16Cl3N3O. The minimum atomic E-state index is -1.72. The van der Waals surface area contributed by atoms with Crippen molar-refractivity contribution in [2.24, 2.45) is 0 Å². The van der Waals surface area contributed by atoms with Crippen LogP contribution in [-0.4, -0.2) is 16.0 Å². The molecule has 0 fully saturated rings. The van der Waals surface area contributed by atoms with E-state index < -0.39 is 16.0 Å². The number of amides is 2. The van der Waals surface area contributed by atoms with Crippen molar-refractivity contribution in [1.82, 2.24) is 5.32 Å². The smallest absolute Gasteiger partial charge is 0.320 e. The Morgan fingerprint density at radius 2 is 1.57 bits per heavy atom. The Hall–Kier alpha value is -1.62. The summed E-state index contributed by atoms with van der Waals surface area (Å²) < 4.78 is -1.72. The van der Waals surface area contributed by atoms with E-state index in [-0.39, 0.29) is 0 Å². The minimum absolute atomic E-state index is 0.480. The molecule has 0 aliphatic carbocycles. The number of para-hydroxylation sites is 1. The number of urea groups is 1. The number of halogens is 3. The SMILES string of the molecule is Cc1ccc(NC(NC(=O)Nc2ccccc2)C(Cl)(Cl)Cl)cc1. The first kappa shape index (κ1) is 17.7. The topological polar surface area (TPSA) is 53.2 Å². The second kappa shape index (κ2) is 7.77. The van der Waals surface area contributed by atoms with Crippen LogP contribution in [0.5, 0.6) is 0 Å². The zero-order valence-corrected chi connectivity index (χ0v) is 14.6. The Morgan fingerprint density at radius 3 is 2.13 bits per heavy atom. The van der Waals surface area contributed by atoms with Gasteiger partial charge in [0.25, 0.3) is 0 Å². The van der Waals surface area contributed by atoms with Crippen LogP contribution in [0.4, 0.5) is 16.2 Å². The molecule has 4 nitrogen and oxygen atoms in total. The maximum absolute atomic E-state index is 12.1. The minimum Gasteiger partial charge on any atom is -0.362 e. The number of carbonyl (C=O) groups excluding carboxylic acids is 1. The molecule has 0 spiro atoms. The third kappa shape index (κ3) is 5.82. The molecule has 2 aromatic rings. The summed E-state index contributed by atoms with van der Waals surface area (Å²) in [5, 5.41) is 8.28. The van der Waals surface area contributed by atoms with E-state index in [4.69, 9.17) is 34.8 Å². The molecule has 0 heterocycles. The molecule has 1 atom stereocenters. The number of rotatable bonds is 4. The van der Waals surface area contributed by atoms with Crippen molar-refractivity contribution in [2.75, 3.05) is 10.6 Å². The van der Waals surface area contributed by atoms with Crippen LogP contribution in [0.3, 0.4) is 0 Å². The van der Waals surface area contributed by atoms with Gasteiger partial charge in [0.2, 0.25) is 3.79 Å². The molecule has 23 heavy (non-hydrogen) atoms. The van der Waals surface area contributed by atoms with Gasteiger partial charge < -0.3 is 16.0 Å². The average molecular weight is 373 g/mol. The molecule has 0 saturated carbocycles. The van der Waals surface area contributed by atoms with E-state index in [0.29, 0.717) is 5.69 Å². The zero-order valence-electron chi connectivity index (χ0n) is 12.3. The Labute approximate surface area is 150 Å². The van der Waals surface area contributed by atoms with Crippen LogP contribution in [0.15, 0.2) is 54.6 Å². The summed E-state index contributed by atoms with van der Waals surface area (Å²) in [6, 6.07) is 16.0. The lowest BCUT2D eigenvalue weighted by atomic mass is 10.2. The van der Waals surface area contributed by atoms with Gasteiger partial charge in [-0.25, -0.2) is 4.79 Å². The van der Waals surface area contributed by atoms with Gasteiger partial charge in [-0.05, 0) is 31.2 Å². The number of anilines is 2. The highest BCUT2D eigenvalue weighted by molar-refractivity contribution is 6.68. The Kier molecular flexibility index (Phi) is 5.99. The van der Waals surface area contributed by atoms with Gasteiger partial charge in [0.15, 0.2) is 0 Å². The summed E-state index contributed by atoms with van der Waals surface area (Å²) in [5.41, 5.74) is 2.48. The third-order valence-corrected chi connectivity index (χ3v) is 3.65. The second-order valence-corrected chi connectivity index (χ2v) is 7.32. The van der Waals surface area contributed by atoms with Gasteiger partial charge in [-0.3, -0.25) is 0 Å². The van der Waals surface area contributed by atoms with Crippen molar-refractivity contribution >= 4 is 52.2 Å². The van der Waals surface area contributed by atoms with Crippen LogP contribution in [0.1, 0.15) is 5.56 Å². The Bertz CT molecular complexity index is 642. The van der Waals surface area contributed by atoms with E-state index in [1.807, 2.05) is 49.4 Å². The van der Waals surface area contributed by atoms with Crippen molar-refractivity contribution in [3.8, 4) is 0 Å². The van der Waals surface area contributed by atoms with E-state index in [2.05, 4.69) is 16.0 Å². The highest BCUT2D eigenvalue weighted by atomic mass is 35.6. The summed E-state index contributed by atoms with van der Waals surface area (Å²) in [4.78, 5) is 12.1. The van der Waals surface area contributed by atoms with E-state index in [9.17, 15) is 4.79 Å². The van der Waals surface area contributed by atoms with Crippen LogP contribution in [-0.2, 0) is 0 Å². The predicted octanol–water partition coefficient (Wildman–Crippen LogP) is 4.92. The molecule has 0 aliphatic rings. The first-order chi connectivity index (χ1) is 10.8. The molecule has 2 amide bonds. The fourth-order valence-corrected chi connectivity index (χ4v) is 2.16. The summed E-state index contributed by atoms with van der Waals surface area (Å²) in [6.45, 7) is 1.97. The lowest BCUT2D eigenvalue weighted by Gasteiger charge is -2.27. The summed E-state index contributed by atoms with van der Waals surface area (Å²) >= 11 is 17.9. The van der Waals surface area contributed by atoms with E-state index in [1.165, 1.54) is 0 Å². The van der Waals surface area contributed by atoms with Crippen LogP contribution >= 0.6 is 34.8 Å². The van der Waals surface area contributed by atoms with Gasteiger partial charge in [-0.15, -0.1) is 0 Å². The molecule has 2 aromatic carbocycles. The highest BCUT2D eigenvalue weighted by Crippen LogP contribution is 2.31. The number of nitrogens with one attached hydrogen (secondary N) is 3. The molecule has 7 heteroatoms. The lowest BCUT2D eigenvalue weighted by Crippen LogP contribution is -2.50. The van der Waals surface area contributed by atoms with Gasteiger partial charge >= 0.3 is 6.03 Å². The van der Waals surface area contributed by atoms with Crippen molar-refractivity contribution in [2.45, 2.75) is 16.9 Å². The molecule has 0 bridgehead atoms. The van der Waals surface area contributed by atoms with Crippen LogP contribution in [0.25, 0.3) is 0 Å².